The van der Waals surface area contributed by atoms with E-state index in [0.717, 1.165) is 0 Å². The van der Waals surface area contributed by atoms with Gasteiger partial charge in [0.2, 0.25) is 0 Å². The molecule has 166 valence electrons. The van der Waals surface area contributed by atoms with E-state index in [1.54, 1.807) is 0 Å². The van der Waals surface area contributed by atoms with Crippen LogP contribution in [0.5, 0.6) is 0 Å². The van der Waals surface area contributed by atoms with E-state index >= 15 is 0 Å². The number of hydrogen-bond donors (Lipinski definition) is 0. The summed E-state index contributed by atoms with van der Waals surface area (Å²) in [7, 11) is 0. The van der Waals surface area contributed by atoms with Gasteiger partial charge in [0.15, 0.2) is 0 Å². The van der Waals surface area contributed by atoms with Crippen LogP contribution in [0, 0.1) is 0 Å². The minimum Gasteiger partial charge on any atom is -0.0619 e. The van der Waals surface area contributed by atoms with E-state index < -0.39 is 0 Å². The Kier molecular flexibility index (Phi) is 4.29. The van der Waals surface area contributed by atoms with Crippen molar-refractivity contribution in [2.75, 3.05) is 0 Å². The van der Waals surface area contributed by atoms with Gasteiger partial charge in [0, 0.05) is 5.41 Å². The van der Waals surface area contributed by atoms with Crippen LogP contribution in [0.25, 0.3) is 54.9 Å². The number of rotatable bonds is 2. The van der Waals surface area contributed by atoms with Gasteiger partial charge in [0.05, 0.1) is 0 Å². The third kappa shape index (κ3) is 2.93. The first-order valence-corrected chi connectivity index (χ1v) is 12.4. The zero-order chi connectivity index (χ0) is 23.6. The van der Waals surface area contributed by atoms with E-state index in [-0.39, 0.29) is 5.41 Å². The van der Waals surface area contributed by atoms with Gasteiger partial charge < -0.3 is 0 Å². The second kappa shape index (κ2) is 7.42. The van der Waals surface area contributed by atoms with E-state index in [4.69, 9.17) is 0 Å². The molecule has 0 unspecified atom stereocenters. The number of fused-ring (bicyclic) bond motifs is 5. The molecule has 0 atom stereocenters. The summed E-state index contributed by atoms with van der Waals surface area (Å²) in [5, 5.41) is 5.16. The highest BCUT2D eigenvalue weighted by Gasteiger charge is 2.35. The molecule has 1 aliphatic rings. The molecule has 0 heterocycles. The van der Waals surface area contributed by atoms with Crippen LogP contribution in [0.15, 0.2) is 121 Å². The highest BCUT2D eigenvalue weighted by atomic mass is 14.4. The molecule has 0 spiro atoms. The minimum absolute atomic E-state index is 0.0109. The second-order valence-electron chi connectivity index (χ2n) is 10.2. The molecule has 0 radical (unpaired) electrons. The zero-order valence-electron chi connectivity index (χ0n) is 20.0. The van der Waals surface area contributed by atoms with Crippen molar-refractivity contribution in [2.45, 2.75) is 19.3 Å². The average molecular weight is 447 g/mol. The topological polar surface area (TPSA) is 0 Å². The van der Waals surface area contributed by atoms with Gasteiger partial charge >= 0.3 is 0 Å². The third-order valence-corrected chi connectivity index (χ3v) is 7.86. The maximum Gasteiger partial charge on any atom is 0.0159 e. The van der Waals surface area contributed by atoms with Crippen molar-refractivity contribution in [1.82, 2.24) is 0 Å². The second-order valence-corrected chi connectivity index (χ2v) is 10.2. The van der Waals surface area contributed by atoms with E-state index in [2.05, 4.69) is 135 Å². The lowest BCUT2D eigenvalue weighted by Gasteiger charge is -2.22. The molecule has 6 aromatic rings. The van der Waals surface area contributed by atoms with Gasteiger partial charge in [-0.25, -0.2) is 0 Å². The van der Waals surface area contributed by atoms with Crippen molar-refractivity contribution in [3.05, 3.63) is 132 Å². The SMILES string of the molecule is CC1(C)c2ccccc2-c2ccc(-c3ccccc3-c3c4ccccc4cc4ccccc34)cc21. The molecule has 0 N–H and O–H groups in total. The monoisotopic (exact) mass is 446 g/mol. The quantitative estimate of drug-likeness (QED) is 0.232. The van der Waals surface area contributed by atoms with Gasteiger partial charge in [-0.1, -0.05) is 123 Å². The molecule has 7 rings (SSSR count). The van der Waals surface area contributed by atoms with E-state index in [1.807, 2.05) is 0 Å². The molecule has 1 aliphatic carbocycles. The van der Waals surface area contributed by atoms with Crippen LogP contribution in [0.4, 0.5) is 0 Å². The highest BCUT2D eigenvalue weighted by Crippen LogP contribution is 2.50. The van der Waals surface area contributed by atoms with E-state index in [0.29, 0.717) is 0 Å². The lowest BCUT2D eigenvalue weighted by molar-refractivity contribution is 0.660. The van der Waals surface area contributed by atoms with Crippen LogP contribution in [0.1, 0.15) is 25.0 Å². The molecule has 0 bridgehead atoms. The molecule has 0 fully saturated rings. The Balaban J connectivity index is 1.51. The summed E-state index contributed by atoms with van der Waals surface area (Å²) in [4.78, 5) is 0. The number of hydrogen-bond acceptors (Lipinski definition) is 0. The van der Waals surface area contributed by atoms with Crippen LogP contribution in [0.3, 0.4) is 0 Å². The molecule has 0 amide bonds. The lowest BCUT2D eigenvalue weighted by Crippen LogP contribution is -2.14. The predicted octanol–water partition coefficient (Wildman–Crippen LogP) is 9.63. The Morgan fingerprint density at radius 1 is 0.429 bits per heavy atom. The van der Waals surface area contributed by atoms with E-state index in [9.17, 15) is 0 Å². The standard InChI is InChI=1S/C35H26/c1-35(2)32-18-10-9-16-29(32)30-20-19-25(22-33(30)35)26-13-7-8-17-31(26)34-27-14-5-3-11-23(27)21-24-12-4-6-15-28(24)34/h3-22H,1-2H3. The smallest absolute Gasteiger partial charge is 0.0159 e. The summed E-state index contributed by atoms with van der Waals surface area (Å²) in [5.74, 6) is 0. The Hall–Kier alpha value is -4.16. The Morgan fingerprint density at radius 3 is 1.69 bits per heavy atom. The maximum atomic E-state index is 2.43. The van der Waals surface area contributed by atoms with Crippen LogP contribution in [-0.2, 0) is 5.41 Å². The predicted molar refractivity (Wildman–Crippen MR) is 150 cm³/mol. The molecule has 6 aromatic carbocycles. The van der Waals surface area contributed by atoms with Crippen LogP contribution in [-0.4, -0.2) is 0 Å². The molecule has 0 nitrogen and oxygen atoms in total. The van der Waals surface area contributed by atoms with Crippen molar-refractivity contribution in [1.29, 1.82) is 0 Å². The molecule has 35 heavy (non-hydrogen) atoms. The van der Waals surface area contributed by atoms with Gasteiger partial charge in [-0.15, -0.1) is 0 Å². The Labute approximate surface area is 206 Å². The molecule has 0 heteroatoms. The zero-order valence-corrected chi connectivity index (χ0v) is 20.0. The van der Waals surface area contributed by atoms with Crippen molar-refractivity contribution in [2.24, 2.45) is 0 Å². The molecular formula is C35H26. The summed E-state index contributed by atoms with van der Waals surface area (Å²) >= 11 is 0. The van der Waals surface area contributed by atoms with Gasteiger partial charge in [-0.3, -0.25) is 0 Å². The van der Waals surface area contributed by atoms with Crippen molar-refractivity contribution in [3.63, 3.8) is 0 Å². The number of benzene rings is 6. The molecule has 0 saturated carbocycles. The lowest BCUT2D eigenvalue weighted by atomic mass is 9.81. The van der Waals surface area contributed by atoms with Crippen molar-refractivity contribution >= 4 is 21.5 Å². The van der Waals surface area contributed by atoms with Gasteiger partial charge in [0.25, 0.3) is 0 Å². The molecule has 0 aromatic heterocycles. The minimum atomic E-state index is -0.0109. The first-order valence-electron chi connectivity index (χ1n) is 12.4. The van der Waals surface area contributed by atoms with Gasteiger partial charge in [-0.2, -0.15) is 0 Å². The third-order valence-electron chi connectivity index (χ3n) is 7.86. The molecule has 0 saturated heterocycles. The molecule has 0 aliphatic heterocycles. The fourth-order valence-corrected chi connectivity index (χ4v) is 6.13. The fraction of sp³-hybridized carbons (Fsp3) is 0.0857. The van der Waals surface area contributed by atoms with Crippen molar-refractivity contribution < 1.29 is 0 Å². The normalized spacial score (nSPS) is 13.7. The first-order chi connectivity index (χ1) is 17.1. The summed E-state index contributed by atoms with van der Waals surface area (Å²) in [6, 6.07) is 44.7. The maximum absolute atomic E-state index is 2.43. The van der Waals surface area contributed by atoms with Crippen LogP contribution >= 0.6 is 0 Å². The Bertz CT molecular complexity index is 1710. The molecular weight excluding hydrogens is 420 g/mol. The van der Waals surface area contributed by atoms with Crippen molar-refractivity contribution in [3.8, 4) is 33.4 Å². The van der Waals surface area contributed by atoms with Gasteiger partial charge in [0.1, 0.15) is 0 Å². The van der Waals surface area contributed by atoms with Crippen LogP contribution < -0.4 is 0 Å². The van der Waals surface area contributed by atoms with Crippen LogP contribution in [0.2, 0.25) is 0 Å². The Morgan fingerprint density at radius 2 is 0.971 bits per heavy atom. The summed E-state index contributed by atoms with van der Waals surface area (Å²) in [6.45, 7) is 4.71. The first kappa shape index (κ1) is 20.2. The van der Waals surface area contributed by atoms with E-state index in [1.165, 1.54) is 66.1 Å². The van der Waals surface area contributed by atoms with Gasteiger partial charge in [-0.05, 0) is 78.2 Å². The summed E-state index contributed by atoms with van der Waals surface area (Å²) in [5.41, 5.74) is 10.7. The highest BCUT2D eigenvalue weighted by molar-refractivity contribution is 6.14. The largest absolute Gasteiger partial charge is 0.0619 e. The average Bonchev–Trinajstić information content (AvgIpc) is 3.13. The fourth-order valence-electron chi connectivity index (χ4n) is 6.13. The summed E-state index contributed by atoms with van der Waals surface area (Å²) < 4.78 is 0. The summed E-state index contributed by atoms with van der Waals surface area (Å²) in [6.07, 6.45) is 0.